The SMILES string of the molecule is C[C@]1(COC2CCCCO2)C[C@H](N2C(=O)COc3cc(C#N)cc(-c4ccnc5cc(CO)sc45)c32)CN1C(=O)O. The molecule has 11 nitrogen and oxygen atoms in total. The number of pyridine rings is 1. The van der Waals surface area contributed by atoms with Crippen LogP contribution in [0.15, 0.2) is 30.5 Å². The number of rotatable bonds is 6. The molecule has 2 aromatic heterocycles. The van der Waals surface area contributed by atoms with Crippen LogP contribution in [0.1, 0.15) is 43.0 Å². The summed E-state index contributed by atoms with van der Waals surface area (Å²) in [7, 11) is 0. The summed E-state index contributed by atoms with van der Waals surface area (Å²) in [5.74, 6) is 0.0805. The van der Waals surface area contributed by atoms with Crippen molar-refractivity contribution in [1.29, 1.82) is 5.26 Å². The van der Waals surface area contributed by atoms with E-state index in [2.05, 4.69) is 11.1 Å². The Bertz CT molecular complexity index is 1550. The van der Waals surface area contributed by atoms with E-state index in [0.29, 0.717) is 41.1 Å². The van der Waals surface area contributed by atoms with Crippen molar-refractivity contribution in [3.63, 3.8) is 0 Å². The number of aliphatic hydroxyl groups is 1. The van der Waals surface area contributed by atoms with Crippen molar-refractivity contribution in [3.05, 3.63) is 40.9 Å². The molecular formula is C29H30N4O7S. The number of fused-ring (bicyclic) bond motifs is 2. The zero-order chi connectivity index (χ0) is 28.7. The Balaban J connectivity index is 1.42. The Morgan fingerprint density at radius 3 is 2.90 bits per heavy atom. The van der Waals surface area contributed by atoms with E-state index < -0.39 is 17.7 Å². The highest BCUT2D eigenvalue weighted by atomic mass is 32.1. The molecule has 214 valence electrons. The van der Waals surface area contributed by atoms with Gasteiger partial charge < -0.3 is 29.3 Å². The van der Waals surface area contributed by atoms with Crippen LogP contribution >= 0.6 is 11.3 Å². The number of likely N-dealkylation sites (tertiary alicyclic amines) is 1. The van der Waals surface area contributed by atoms with Gasteiger partial charge in [0.25, 0.3) is 5.91 Å². The number of amides is 2. The number of hydrogen-bond donors (Lipinski definition) is 2. The van der Waals surface area contributed by atoms with Gasteiger partial charge in [-0.05, 0) is 50.8 Å². The molecule has 0 saturated carbocycles. The third kappa shape index (κ3) is 4.99. The number of carboxylic acid groups (broad SMARTS) is 1. The number of ether oxygens (including phenoxy) is 3. The second kappa shape index (κ2) is 10.9. The van der Waals surface area contributed by atoms with Crippen LogP contribution in [0.3, 0.4) is 0 Å². The molecule has 3 aliphatic rings. The van der Waals surface area contributed by atoms with E-state index >= 15 is 0 Å². The Hall–Kier alpha value is -3.76. The minimum atomic E-state index is -1.09. The maximum Gasteiger partial charge on any atom is 0.407 e. The van der Waals surface area contributed by atoms with Gasteiger partial charge in [-0.2, -0.15) is 5.26 Å². The third-order valence-corrected chi connectivity index (χ3v) is 9.15. The molecule has 1 aromatic carbocycles. The second-order valence-electron chi connectivity index (χ2n) is 10.8. The van der Waals surface area contributed by atoms with Crippen LogP contribution in [0.2, 0.25) is 0 Å². The second-order valence-corrected chi connectivity index (χ2v) is 12.0. The number of nitriles is 1. The lowest BCUT2D eigenvalue weighted by Gasteiger charge is -2.36. The number of nitrogens with zero attached hydrogens (tertiary/aromatic N) is 4. The summed E-state index contributed by atoms with van der Waals surface area (Å²) in [4.78, 5) is 34.1. The minimum Gasteiger partial charge on any atom is -0.481 e. The maximum atomic E-state index is 13.6. The van der Waals surface area contributed by atoms with Crippen molar-refractivity contribution in [1.82, 2.24) is 9.88 Å². The van der Waals surface area contributed by atoms with Gasteiger partial charge in [0.15, 0.2) is 12.9 Å². The lowest BCUT2D eigenvalue weighted by atomic mass is 9.95. The van der Waals surface area contributed by atoms with Crippen LogP contribution in [0.25, 0.3) is 21.3 Å². The molecule has 0 bridgehead atoms. The predicted octanol–water partition coefficient (Wildman–Crippen LogP) is 4.11. The molecule has 6 rings (SSSR count). The minimum absolute atomic E-state index is 0.0881. The van der Waals surface area contributed by atoms with Crippen LogP contribution in [-0.2, 0) is 20.9 Å². The van der Waals surface area contributed by atoms with Gasteiger partial charge in [0.1, 0.15) is 5.75 Å². The summed E-state index contributed by atoms with van der Waals surface area (Å²) in [5.41, 5.74) is 1.99. The normalized spacial score (nSPS) is 24.3. The first-order valence-corrected chi connectivity index (χ1v) is 14.4. The fourth-order valence-electron chi connectivity index (χ4n) is 6.08. The number of carbonyl (C=O) groups is 2. The summed E-state index contributed by atoms with van der Waals surface area (Å²) in [6.07, 6.45) is 3.26. The fraction of sp³-hybridized carbons (Fsp3) is 0.448. The van der Waals surface area contributed by atoms with Crippen LogP contribution in [-0.4, -0.2) is 76.3 Å². The standard InChI is InChI=1S/C29H30N4O7S/c1-29(16-40-25-4-2-3-7-38-25)11-18(13-32(29)28(36)37)33-24(35)15-39-23-9-17(12-30)8-21(26(23)33)20-5-6-31-22-10-19(14-34)41-27(20)22/h5-6,8-10,18,25,34H,2-4,7,11,13-16H2,1H3,(H,36,37)/t18-,25?,29+/m0/s1. The van der Waals surface area contributed by atoms with Crippen LogP contribution in [0.4, 0.5) is 10.5 Å². The molecular weight excluding hydrogens is 548 g/mol. The van der Waals surface area contributed by atoms with Gasteiger partial charge >= 0.3 is 6.09 Å². The van der Waals surface area contributed by atoms with E-state index in [1.54, 1.807) is 23.2 Å². The quantitative estimate of drug-likeness (QED) is 0.441. The summed E-state index contributed by atoms with van der Waals surface area (Å²) in [6.45, 7) is 2.31. The Kier molecular flexibility index (Phi) is 7.29. The van der Waals surface area contributed by atoms with E-state index in [0.717, 1.165) is 34.4 Å². The number of benzene rings is 1. The molecule has 2 fully saturated rings. The van der Waals surface area contributed by atoms with Crippen molar-refractivity contribution in [2.45, 2.75) is 57.1 Å². The van der Waals surface area contributed by atoms with Crippen LogP contribution in [0, 0.1) is 11.3 Å². The summed E-state index contributed by atoms with van der Waals surface area (Å²) >= 11 is 1.39. The van der Waals surface area contributed by atoms with E-state index in [1.807, 2.05) is 19.1 Å². The number of aromatic nitrogens is 1. The van der Waals surface area contributed by atoms with Crippen LogP contribution in [0.5, 0.6) is 5.75 Å². The number of aliphatic hydroxyl groups excluding tert-OH is 1. The van der Waals surface area contributed by atoms with Gasteiger partial charge in [-0.15, -0.1) is 11.3 Å². The van der Waals surface area contributed by atoms with Crippen molar-refractivity contribution >= 4 is 39.2 Å². The number of hydrogen-bond acceptors (Lipinski definition) is 9. The Morgan fingerprint density at radius 2 is 2.17 bits per heavy atom. The molecule has 0 aliphatic carbocycles. The molecule has 0 spiro atoms. The van der Waals surface area contributed by atoms with Gasteiger partial charge in [0.2, 0.25) is 0 Å². The third-order valence-electron chi connectivity index (χ3n) is 8.01. The summed E-state index contributed by atoms with van der Waals surface area (Å²) in [5, 5.41) is 29.7. The lowest BCUT2D eigenvalue weighted by molar-refractivity contribution is -0.176. The first-order valence-electron chi connectivity index (χ1n) is 13.6. The predicted molar refractivity (Wildman–Crippen MR) is 150 cm³/mol. The summed E-state index contributed by atoms with van der Waals surface area (Å²) < 4.78 is 18.4. The monoisotopic (exact) mass is 578 g/mol. The molecule has 2 saturated heterocycles. The lowest BCUT2D eigenvalue weighted by Crippen LogP contribution is -2.48. The molecule has 41 heavy (non-hydrogen) atoms. The zero-order valence-electron chi connectivity index (χ0n) is 22.5. The highest BCUT2D eigenvalue weighted by molar-refractivity contribution is 7.19. The van der Waals surface area contributed by atoms with Crippen molar-refractivity contribution in [2.75, 3.05) is 31.3 Å². The van der Waals surface area contributed by atoms with E-state index in [-0.39, 0.29) is 38.6 Å². The zero-order valence-corrected chi connectivity index (χ0v) is 23.4. The average Bonchev–Trinajstić information content (AvgIpc) is 3.57. The largest absolute Gasteiger partial charge is 0.481 e. The molecule has 3 atom stereocenters. The first kappa shape index (κ1) is 27.4. The number of anilines is 1. The fourth-order valence-corrected chi connectivity index (χ4v) is 7.08. The Morgan fingerprint density at radius 1 is 1.32 bits per heavy atom. The van der Waals surface area contributed by atoms with E-state index in [1.165, 1.54) is 16.2 Å². The van der Waals surface area contributed by atoms with Crippen molar-refractivity contribution in [3.8, 4) is 22.9 Å². The highest BCUT2D eigenvalue weighted by Gasteiger charge is 2.50. The smallest absolute Gasteiger partial charge is 0.407 e. The van der Waals surface area contributed by atoms with Crippen molar-refractivity contribution in [2.24, 2.45) is 0 Å². The molecule has 1 unspecified atom stereocenters. The molecule has 5 heterocycles. The van der Waals surface area contributed by atoms with E-state index in [9.17, 15) is 25.1 Å². The topological polar surface area (TPSA) is 145 Å². The van der Waals surface area contributed by atoms with E-state index in [4.69, 9.17) is 14.2 Å². The maximum absolute atomic E-state index is 13.6. The average molecular weight is 579 g/mol. The summed E-state index contributed by atoms with van der Waals surface area (Å²) in [6, 6.07) is 8.63. The molecule has 2 N–H and O–H groups in total. The highest BCUT2D eigenvalue weighted by Crippen LogP contribution is 2.48. The molecule has 3 aliphatic heterocycles. The first-order chi connectivity index (χ1) is 19.8. The van der Waals surface area contributed by atoms with Gasteiger partial charge in [0, 0.05) is 41.4 Å². The molecule has 0 radical (unpaired) electrons. The Labute approximate surface area is 240 Å². The number of thiophene rings is 1. The number of carbonyl (C=O) groups excluding carboxylic acids is 1. The van der Waals surface area contributed by atoms with Crippen LogP contribution < -0.4 is 9.64 Å². The molecule has 12 heteroatoms. The molecule has 3 aromatic rings. The van der Waals surface area contributed by atoms with Gasteiger partial charge in [-0.3, -0.25) is 14.7 Å². The van der Waals surface area contributed by atoms with Gasteiger partial charge in [-0.1, -0.05) is 0 Å². The molecule has 2 amide bonds. The van der Waals surface area contributed by atoms with Crippen molar-refractivity contribution < 1.29 is 34.0 Å². The van der Waals surface area contributed by atoms with Gasteiger partial charge in [-0.25, -0.2) is 4.79 Å². The van der Waals surface area contributed by atoms with Gasteiger partial charge in [0.05, 0.1) is 52.3 Å².